The maximum absolute atomic E-state index is 12.6. The molecule has 2 aromatic rings. The molecule has 0 aliphatic carbocycles. The topological polar surface area (TPSA) is 176 Å². The number of carbonyl (C=O) groups excluding carboxylic acids is 1. The van der Waals surface area contributed by atoms with E-state index in [1.165, 1.54) is 18.6 Å². The van der Waals surface area contributed by atoms with Gasteiger partial charge >= 0.3 is 12.0 Å². The third-order valence-electron chi connectivity index (χ3n) is 2.87. The first-order valence-corrected chi connectivity index (χ1v) is 9.09. The Morgan fingerprint density at radius 1 is 1.31 bits per heavy atom. The first-order chi connectivity index (χ1) is 12.2. The summed E-state index contributed by atoms with van der Waals surface area (Å²) in [6.07, 6.45) is 0. The Morgan fingerprint density at radius 2 is 2.00 bits per heavy atom. The minimum Gasteiger partial charge on any atom is -0.467 e. The van der Waals surface area contributed by atoms with Crippen LogP contribution in [0.25, 0.3) is 0 Å². The Labute approximate surface area is 152 Å². The van der Waals surface area contributed by atoms with Crippen LogP contribution >= 0.6 is 11.3 Å². The highest BCUT2D eigenvalue weighted by Gasteiger charge is 2.30. The van der Waals surface area contributed by atoms with Crippen molar-refractivity contribution in [1.82, 2.24) is 19.4 Å². The summed E-state index contributed by atoms with van der Waals surface area (Å²) in [7, 11) is -1.89. The fourth-order valence-corrected chi connectivity index (χ4v) is 4.01. The van der Waals surface area contributed by atoms with Crippen LogP contribution in [0, 0.1) is 6.92 Å². The third kappa shape index (κ3) is 3.87. The number of hydrogen-bond acceptors (Lipinski definition) is 11. The highest BCUT2D eigenvalue weighted by atomic mass is 32.2. The summed E-state index contributed by atoms with van der Waals surface area (Å²) in [5.74, 6) is 4.23. The van der Waals surface area contributed by atoms with Crippen LogP contribution in [0.5, 0.6) is 6.01 Å². The molecule has 2 heterocycles. The predicted octanol–water partition coefficient (Wildman–Crippen LogP) is -0.452. The number of sulfonamides is 1. The number of ether oxygens (including phenoxy) is 2. The van der Waals surface area contributed by atoms with Gasteiger partial charge in [0.1, 0.15) is 15.6 Å². The average molecular weight is 401 g/mol. The van der Waals surface area contributed by atoms with Crippen molar-refractivity contribution in [2.45, 2.75) is 11.8 Å². The number of nitrogens with two attached hydrogens (primary N) is 2. The average Bonchev–Trinajstić information content (AvgIpc) is 3.10. The molecule has 0 aromatic carbocycles. The van der Waals surface area contributed by atoms with E-state index in [-0.39, 0.29) is 32.0 Å². The zero-order valence-corrected chi connectivity index (χ0v) is 15.5. The lowest BCUT2D eigenvalue weighted by Crippen LogP contribution is -2.47. The second kappa shape index (κ2) is 7.59. The number of nitrogens with zero attached hydrogens (tertiary/aromatic N) is 5. The molecular weight excluding hydrogens is 386 g/mol. The Bertz CT molecular complexity index is 957. The number of aryl methyl sites for hydroxylation is 1. The summed E-state index contributed by atoms with van der Waals surface area (Å²) in [5, 5.41) is 1.40. The van der Waals surface area contributed by atoms with Crippen molar-refractivity contribution >= 4 is 39.2 Å². The molecule has 26 heavy (non-hydrogen) atoms. The van der Waals surface area contributed by atoms with Crippen LogP contribution in [-0.4, -0.2) is 53.9 Å². The Morgan fingerprint density at radius 3 is 2.62 bits per heavy atom. The molecule has 12 nitrogen and oxygen atoms in total. The monoisotopic (exact) mass is 401 g/mol. The van der Waals surface area contributed by atoms with Crippen molar-refractivity contribution in [3.63, 3.8) is 0 Å². The lowest BCUT2D eigenvalue weighted by atomic mass is 10.5. The van der Waals surface area contributed by atoms with E-state index in [1.807, 2.05) is 0 Å². The number of aliphatic imine (C=N–C) groups is 1. The van der Waals surface area contributed by atoms with Crippen LogP contribution in [0.1, 0.15) is 15.5 Å². The molecule has 4 N–H and O–H groups in total. The maximum atomic E-state index is 12.6. The molecule has 0 spiro atoms. The number of rotatable bonds is 5. The highest BCUT2D eigenvalue weighted by Crippen LogP contribution is 2.25. The van der Waals surface area contributed by atoms with Gasteiger partial charge in [-0.05, 0) is 18.4 Å². The zero-order valence-electron chi connectivity index (χ0n) is 13.9. The van der Waals surface area contributed by atoms with Gasteiger partial charge in [0.15, 0.2) is 0 Å². The molecule has 0 aliphatic heterocycles. The maximum Gasteiger partial charge on any atom is 0.349 e. The highest BCUT2D eigenvalue weighted by molar-refractivity contribution is 7.89. The van der Waals surface area contributed by atoms with Crippen molar-refractivity contribution in [3.8, 4) is 6.01 Å². The SMILES string of the molecule is COC(=O)c1sccc1S(=O)(=O)N(N)C(N)=Nc1nc(C)nc(OC)n1. The molecule has 0 fully saturated rings. The molecule has 2 aromatic heterocycles. The second-order valence-electron chi connectivity index (χ2n) is 4.55. The zero-order chi connectivity index (χ0) is 19.5. The number of carbonyl (C=O) groups is 1. The number of thiophene rings is 1. The van der Waals surface area contributed by atoms with E-state index in [4.69, 9.17) is 16.3 Å². The number of methoxy groups -OCH3 is 2. The summed E-state index contributed by atoms with van der Waals surface area (Å²) in [4.78, 5) is 26.5. The van der Waals surface area contributed by atoms with Crippen molar-refractivity contribution in [3.05, 3.63) is 22.1 Å². The molecule has 2 rings (SSSR count). The van der Waals surface area contributed by atoms with E-state index in [1.54, 1.807) is 6.92 Å². The van der Waals surface area contributed by atoms with Gasteiger partial charge in [-0.15, -0.1) is 11.3 Å². The van der Waals surface area contributed by atoms with Crippen LogP contribution in [0.3, 0.4) is 0 Å². The molecular formula is C12H15N7O5S2. The molecule has 14 heteroatoms. The van der Waals surface area contributed by atoms with Gasteiger partial charge in [-0.25, -0.2) is 10.6 Å². The van der Waals surface area contributed by atoms with E-state index in [0.29, 0.717) is 0 Å². The fourth-order valence-electron chi connectivity index (χ4n) is 1.71. The van der Waals surface area contributed by atoms with Gasteiger partial charge in [0, 0.05) is 0 Å². The van der Waals surface area contributed by atoms with Crippen LogP contribution in [0.15, 0.2) is 21.3 Å². The van der Waals surface area contributed by atoms with Gasteiger partial charge in [0.05, 0.1) is 14.2 Å². The smallest absolute Gasteiger partial charge is 0.349 e. The molecule has 0 amide bonds. The number of esters is 1. The Kier molecular flexibility index (Phi) is 5.69. The predicted molar refractivity (Wildman–Crippen MR) is 91.3 cm³/mol. The van der Waals surface area contributed by atoms with E-state index in [9.17, 15) is 13.2 Å². The summed E-state index contributed by atoms with van der Waals surface area (Å²) in [5.41, 5.74) is 5.66. The van der Waals surface area contributed by atoms with Crippen LogP contribution in [-0.2, 0) is 14.8 Å². The van der Waals surface area contributed by atoms with Gasteiger partial charge in [-0.2, -0.15) is 32.8 Å². The van der Waals surface area contributed by atoms with Crippen LogP contribution < -0.4 is 16.3 Å². The standard InChI is InChI=1S/C12H15N7O5S2/c1-6-15-11(18-12(16-6)24-3)17-10(13)19(14)26(21,22)7-4-5-25-8(7)9(20)23-2/h4-5H,14H2,1-3H3,(H2,13,15,16,17,18). The first kappa shape index (κ1) is 19.5. The van der Waals surface area contributed by atoms with Crippen LogP contribution in [0.4, 0.5) is 5.95 Å². The minimum absolute atomic E-state index is 0.0266. The van der Waals surface area contributed by atoms with Gasteiger partial charge < -0.3 is 15.2 Å². The number of guanidine groups is 1. The van der Waals surface area contributed by atoms with Gasteiger partial charge in [0.2, 0.25) is 5.96 Å². The summed E-state index contributed by atoms with van der Waals surface area (Å²) in [6.45, 7) is 1.56. The molecule has 140 valence electrons. The lowest BCUT2D eigenvalue weighted by molar-refractivity contribution is 0.0602. The van der Waals surface area contributed by atoms with Crippen molar-refractivity contribution < 1.29 is 22.7 Å². The van der Waals surface area contributed by atoms with Crippen molar-refractivity contribution in [2.24, 2.45) is 16.6 Å². The van der Waals surface area contributed by atoms with E-state index < -0.39 is 22.0 Å². The second-order valence-corrected chi connectivity index (χ2v) is 7.25. The summed E-state index contributed by atoms with van der Waals surface area (Å²) >= 11 is 0.883. The minimum atomic E-state index is -4.36. The number of hydrogen-bond donors (Lipinski definition) is 2. The van der Waals surface area contributed by atoms with Gasteiger partial charge in [-0.1, -0.05) is 0 Å². The molecule has 0 saturated carbocycles. The largest absolute Gasteiger partial charge is 0.467 e. The van der Waals surface area contributed by atoms with Gasteiger partial charge in [0.25, 0.3) is 16.0 Å². The molecule has 0 bridgehead atoms. The number of hydrazine groups is 1. The number of aromatic nitrogens is 3. The van der Waals surface area contributed by atoms with E-state index in [2.05, 4.69) is 24.7 Å². The van der Waals surface area contributed by atoms with E-state index in [0.717, 1.165) is 18.4 Å². The van der Waals surface area contributed by atoms with Crippen molar-refractivity contribution in [2.75, 3.05) is 14.2 Å². The summed E-state index contributed by atoms with van der Waals surface area (Å²) < 4.78 is 34.9. The normalized spacial score (nSPS) is 11.9. The molecule has 0 radical (unpaired) electrons. The Balaban J connectivity index is 2.41. The third-order valence-corrected chi connectivity index (χ3v) is 5.50. The van der Waals surface area contributed by atoms with Gasteiger partial charge in [-0.3, -0.25) is 0 Å². The lowest BCUT2D eigenvalue weighted by Gasteiger charge is -2.17. The van der Waals surface area contributed by atoms with Crippen molar-refractivity contribution in [1.29, 1.82) is 0 Å². The first-order valence-electron chi connectivity index (χ1n) is 6.77. The molecule has 0 atom stereocenters. The quantitative estimate of drug-likeness (QED) is 0.219. The Hall–Kier alpha value is -2.84. The van der Waals surface area contributed by atoms with E-state index >= 15 is 0 Å². The summed E-state index contributed by atoms with van der Waals surface area (Å²) in [6, 6.07) is 1.18. The van der Waals surface area contributed by atoms with Crippen LogP contribution in [0.2, 0.25) is 0 Å². The molecule has 0 saturated heterocycles. The molecule has 0 unspecified atom stereocenters. The molecule has 0 aliphatic rings. The fraction of sp³-hybridized carbons (Fsp3) is 0.250.